The van der Waals surface area contributed by atoms with Gasteiger partial charge in [0.05, 0.1) is 5.56 Å². The van der Waals surface area contributed by atoms with Gasteiger partial charge < -0.3 is 9.47 Å². The minimum atomic E-state index is -1.60. The Morgan fingerprint density at radius 3 is 1.32 bits per heavy atom. The third-order valence-electron chi connectivity index (χ3n) is 7.26. The molecule has 0 atom stereocenters. The molecule has 0 saturated carbocycles. The molecule has 0 fully saturated rings. The zero-order chi connectivity index (χ0) is 32.7. The van der Waals surface area contributed by atoms with Crippen LogP contribution in [0.25, 0.3) is 21.5 Å². The van der Waals surface area contributed by atoms with E-state index in [4.69, 9.17) is 9.47 Å². The minimum Gasteiger partial charge on any atom is -0.482 e. The summed E-state index contributed by atoms with van der Waals surface area (Å²) in [5, 5.41) is 3.04. The first-order valence-corrected chi connectivity index (χ1v) is 15.9. The van der Waals surface area contributed by atoms with Crippen LogP contribution in [0.4, 0.5) is 13.2 Å². The first kappa shape index (κ1) is 34.3. The van der Waals surface area contributed by atoms with Gasteiger partial charge in [-0.25, -0.2) is 13.2 Å². The molecule has 9 heteroatoms. The lowest BCUT2D eigenvalue weighted by atomic mass is 9.86. The predicted molar refractivity (Wildman–Crippen MR) is 187 cm³/mol. The zero-order valence-corrected chi connectivity index (χ0v) is 29.1. The molecule has 44 heavy (non-hydrogen) atoms. The molecule has 0 radical (unpaired) electrons. The molecule has 0 heterocycles. The van der Waals surface area contributed by atoms with Crippen LogP contribution in [0.5, 0.6) is 11.5 Å². The molecule has 0 bridgehead atoms. The number of rotatable bonds is 6. The summed E-state index contributed by atoms with van der Waals surface area (Å²) in [5.41, 5.74) is -3.90. The lowest BCUT2D eigenvalue weighted by Crippen LogP contribution is -2.33. The van der Waals surface area contributed by atoms with Crippen molar-refractivity contribution in [3.8, 4) is 11.5 Å². The van der Waals surface area contributed by atoms with E-state index in [0.717, 1.165) is 25.9 Å². The average Bonchev–Trinajstić information content (AvgIpc) is 2.91. The Balaban J connectivity index is 0.00000216. The molecule has 5 aromatic carbocycles. The molecule has 0 amide bonds. The summed E-state index contributed by atoms with van der Waals surface area (Å²) < 4.78 is 60.7. The lowest BCUT2D eigenvalue weighted by molar-refractivity contribution is 0.0925. The maximum atomic E-state index is 16.2. The Bertz CT molecular complexity index is 1710. The first-order valence-electron chi connectivity index (χ1n) is 14.1. The van der Waals surface area contributed by atoms with E-state index < -0.39 is 34.2 Å². The van der Waals surface area contributed by atoms with E-state index in [0.29, 0.717) is 26.7 Å². The number of halogens is 3. The Kier molecular flexibility index (Phi) is 10.2. The molecular formula is C35H35F3O2S4. The second-order valence-corrected chi connectivity index (χ2v) is 13.3. The van der Waals surface area contributed by atoms with Crippen molar-refractivity contribution in [3.05, 3.63) is 94.8 Å². The maximum absolute atomic E-state index is 16.2. The van der Waals surface area contributed by atoms with Crippen molar-refractivity contribution in [2.45, 2.75) is 79.3 Å². The highest BCUT2D eigenvalue weighted by Gasteiger charge is 2.40. The fourth-order valence-corrected chi connectivity index (χ4v) is 6.40. The molecule has 0 saturated heterocycles. The van der Waals surface area contributed by atoms with Crippen LogP contribution < -0.4 is 9.47 Å². The molecule has 0 N–H and O–H groups in total. The highest BCUT2D eigenvalue weighted by atomic mass is 32.1. The molecule has 232 valence electrons. The molecular weight excluding hydrogens is 638 g/mol. The number of benzene rings is 5. The minimum absolute atomic E-state index is 0.0814. The van der Waals surface area contributed by atoms with Crippen molar-refractivity contribution in [2.24, 2.45) is 0 Å². The number of ether oxygens (including phenoxy) is 2. The van der Waals surface area contributed by atoms with Crippen LogP contribution in [0.3, 0.4) is 0 Å². The highest BCUT2D eigenvalue weighted by Crippen LogP contribution is 2.43. The van der Waals surface area contributed by atoms with Gasteiger partial charge in [-0.3, -0.25) is 0 Å². The summed E-state index contributed by atoms with van der Waals surface area (Å²) in [6, 6.07) is 17.9. The topological polar surface area (TPSA) is 18.5 Å². The van der Waals surface area contributed by atoms with Crippen molar-refractivity contribution in [3.63, 3.8) is 0 Å². The quantitative estimate of drug-likeness (QED) is 0.106. The molecule has 2 nitrogen and oxygen atoms in total. The van der Waals surface area contributed by atoms with Gasteiger partial charge in [-0.1, -0.05) is 13.8 Å². The van der Waals surface area contributed by atoms with Gasteiger partial charge in [-0.2, -0.15) is 0 Å². The van der Waals surface area contributed by atoms with Gasteiger partial charge in [0.25, 0.3) is 0 Å². The van der Waals surface area contributed by atoms with Crippen molar-refractivity contribution < 1.29 is 22.6 Å². The molecule has 0 aliphatic rings. The Hall–Kier alpha value is -2.59. The fraction of sp³-hybridized carbons (Fsp3) is 0.257. The Labute approximate surface area is 279 Å². The van der Waals surface area contributed by atoms with Crippen molar-refractivity contribution >= 4 is 72.1 Å². The second kappa shape index (κ2) is 13.0. The van der Waals surface area contributed by atoms with Gasteiger partial charge in [0.2, 0.25) is 0 Å². The molecule has 0 unspecified atom stereocenters. The van der Waals surface area contributed by atoms with Crippen LogP contribution in [0.2, 0.25) is 0 Å². The smallest absolute Gasteiger partial charge is 0.169 e. The van der Waals surface area contributed by atoms with Crippen LogP contribution in [0.1, 0.15) is 58.2 Å². The summed E-state index contributed by atoms with van der Waals surface area (Å²) >= 11 is 17.7. The molecule has 5 rings (SSSR count). The van der Waals surface area contributed by atoms with Crippen molar-refractivity contribution in [1.29, 1.82) is 0 Å². The van der Waals surface area contributed by atoms with E-state index in [9.17, 15) is 0 Å². The van der Waals surface area contributed by atoms with Crippen LogP contribution in [0.15, 0.2) is 80.2 Å². The fourth-order valence-electron chi connectivity index (χ4n) is 5.46. The van der Waals surface area contributed by atoms with Crippen molar-refractivity contribution in [2.75, 3.05) is 0 Å². The largest absolute Gasteiger partial charge is 0.482 e. The van der Waals surface area contributed by atoms with Gasteiger partial charge in [0, 0.05) is 35.9 Å². The summed E-state index contributed by atoms with van der Waals surface area (Å²) in [7, 11) is 0. The van der Waals surface area contributed by atoms with Gasteiger partial charge in [0.1, 0.15) is 28.5 Å². The summed E-state index contributed by atoms with van der Waals surface area (Å²) in [6.45, 7) is 11.6. The van der Waals surface area contributed by atoms with Crippen LogP contribution in [-0.2, 0) is 11.2 Å². The second-order valence-electron chi connectivity index (χ2n) is 11.2. The Morgan fingerprint density at radius 2 is 0.886 bits per heavy atom. The van der Waals surface area contributed by atoms with Crippen LogP contribution >= 0.6 is 50.5 Å². The number of hydrogen-bond acceptors (Lipinski definition) is 6. The van der Waals surface area contributed by atoms with Gasteiger partial charge in [-0.15, -0.1) is 50.5 Å². The van der Waals surface area contributed by atoms with E-state index >= 15 is 13.2 Å². The summed E-state index contributed by atoms with van der Waals surface area (Å²) in [4.78, 5) is 2.69. The third-order valence-corrected chi connectivity index (χ3v) is 8.33. The van der Waals surface area contributed by atoms with Gasteiger partial charge in [0.15, 0.2) is 11.6 Å². The van der Waals surface area contributed by atoms with Crippen LogP contribution in [-0.4, -0.2) is 0 Å². The SMILES string of the molecule is CC.Cc1c(F)c(C(C)(C)Oc2cc(S)cc3cc(S)ccc23)c(F)c(F)c1C(C)(C)Oc1cc(S)cc2cc(S)ccc12. The lowest BCUT2D eigenvalue weighted by Gasteiger charge is -2.33. The number of thiol groups is 4. The van der Waals surface area contributed by atoms with Crippen molar-refractivity contribution in [1.82, 2.24) is 0 Å². The molecule has 0 aliphatic carbocycles. The zero-order valence-electron chi connectivity index (χ0n) is 25.5. The summed E-state index contributed by atoms with van der Waals surface area (Å²) in [6.07, 6.45) is 0. The third kappa shape index (κ3) is 6.66. The van der Waals surface area contributed by atoms with Crippen LogP contribution in [0, 0.1) is 24.4 Å². The highest BCUT2D eigenvalue weighted by molar-refractivity contribution is 7.80. The van der Waals surface area contributed by atoms with E-state index in [1.165, 1.54) is 20.8 Å². The predicted octanol–water partition coefficient (Wildman–Crippen LogP) is 11.5. The standard InChI is InChI=1S/C33H29F3O2S4.C2H6/c1-16-27(32(2,3)37-25-14-21(41)12-17-10-19(39)6-8-23(17)25)30(35)31(36)28(29(16)34)33(4,5)38-26-15-22(42)13-18-11-20(40)7-9-24(18)26;1-2/h6-15,39-42H,1-5H3;1-2H3. The maximum Gasteiger partial charge on any atom is 0.169 e. The van der Waals surface area contributed by atoms with Gasteiger partial charge >= 0.3 is 0 Å². The number of hydrogen-bond donors (Lipinski definition) is 4. The molecule has 0 spiro atoms. The average molecular weight is 673 g/mol. The molecule has 0 aromatic heterocycles. The van der Waals surface area contributed by atoms with E-state index in [-0.39, 0.29) is 11.1 Å². The van der Waals surface area contributed by atoms with E-state index in [1.807, 2.05) is 44.2 Å². The van der Waals surface area contributed by atoms with E-state index in [2.05, 4.69) is 50.5 Å². The number of fused-ring (bicyclic) bond motifs is 2. The van der Waals surface area contributed by atoms with E-state index in [1.54, 1.807) is 44.2 Å². The first-order chi connectivity index (χ1) is 20.6. The van der Waals surface area contributed by atoms with Gasteiger partial charge in [-0.05, 0) is 112 Å². The monoisotopic (exact) mass is 672 g/mol. The normalized spacial score (nSPS) is 11.9. The Morgan fingerprint density at radius 1 is 0.523 bits per heavy atom. The summed E-state index contributed by atoms with van der Waals surface area (Å²) in [5.74, 6) is -2.72. The molecule has 0 aliphatic heterocycles. The molecule has 5 aromatic rings.